The van der Waals surface area contributed by atoms with E-state index in [1.54, 1.807) is 12.1 Å². The van der Waals surface area contributed by atoms with Gasteiger partial charge in [-0.1, -0.05) is 0 Å². The lowest BCUT2D eigenvalue weighted by Gasteiger charge is -2.07. The summed E-state index contributed by atoms with van der Waals surface area (Å²) in [5.74, 6) is -0.683. The van der Waals surface area contributed by atoms with Crippen molar-refractivity contribution in [3.63, 3.8) is 0 Å². The van der Waals surface area contributed by atoms with E-state index < -0.39 is 27.1 Å². The Balaban J connectivity index is 2.47. The fraction of sp³-hybridized carbons (Fsp3) is 0.0769. The van der Waals surface area contributed by atoms with Crippen molar-refractivity contribution >= 4 is 23.0 Å². The van der Waals surface area contributed by atoms with Gasteiger partial charge in [0, 0.05) is 17.8 Å². The van der Waals surface area contributed by atoms with Crippen LogP contribution in [0.25, 0.3) is 0 Å². The molecule has 0 saturated carbocycles. The van der Waals surface area contributed by atoms with Crippen LogP contribution in [0.1, 0.15) is 15.9 Å². The predicted molar refractivity (Wildman–Crippen MR) is 76.7 cm³/mol. The van der Waals surface area contributed by atoms with E-state index >= 15 is 0 Å². The number of carbonyl (C=O) groups excluding carboxylic acids is 1. The van der Waals surface area contributed by atoms with Gasteiger partial charge >= 0.3 is 0 Å². The van der Waals surface area contributed by atoms with Crippen molar-refractivity contribution in [2.75, 3.05) is 5.32 Å². The van der Waals surface area contributed by atoms with Crippen LogP contribution in [0.5, 0.6) is 0 Å². The van der Waals surface area contributed by atoms with Crippen molar-refractivity contribution in [3.05, 3.63) is 68.0 Å². The number of amides is 1. The number of nitro benzene ring substituents is 2. The Morgan fingerprint density at radius 1 is 1.23 bits per heavy atom. The van der Waals surface area contributed by atoms with Crippen LogP contribution in [-0.2, 0) is 0 Å². The zero-order valence-electron chi connectivity index (χ0n) is 11.3. The first-order valence-electron chi connectivity index (χ1n) is 6.05. The number of rotatable bonds is 4. The van der Waals surface area contributed by atoms with Crippen LogP contribution in [0.15, 0.2) is 36.7 Å². The molecule has 1 N–H and O–H groups in total. The third-order valence-corrected chi connectivity index (χ3v) is 2.94. The van der Waals surface area contributed by atoms with Crippen LogP contribution in [0, 0.1) is 27.2 Å². The summed E-state index contributed by atoms with van der Waals surface area (Å²) in [5, 5.41) is 24.3. The number of nitrogens with zero attached hydrogens (tertiary/aromatic N) is 3. The van der Waals surface area contributed by atoms with Gasteiger partial charge in [-0.2, -0.15) is 0 Å². The number of hydrogen-bond donors (Lipinski definition) is 1. The lowest BCUT2D eigenvalue weighted by Crippen LogP contribution is -2.14. The second kappa shape index (κ2) is 5.95. The van der Waals surface area contributed by atoms with Crippen molar-refractivity contribution < 1.29 is 14.6 Å². The molecule has 112 valence electrons. The second-order valence-corrected chi connectivity index (χ2v) is 4.35. The summed E-state index contributed by atoms with van der Waals surface area (Å²) in [7, 11) is 0. The third kappa shape index (κ3) is 3.03. The molecule has 1 aromatic carbocycles. The lowest BCUT2D eigenvalue weighted by molar-refractivity contribution is -0.394. The van der Waals surface area contributed by atoms with Crippen LogP contribution in [0.4, 0.5) is 17.1 Å². The smallest absolute Gasteiger partial charge is 0.279 e. The van der Waals surface area contributed by atoms with Crippen molar-refractivity contribution in [1.29, 1.82) is 0 Å². The van der Waals surface area contributed by atoms with Gasteiger partial charge in [-0.15, -0.1) is 0 Å². The summed E-state index contributed by atoms with van der Waals surface area (Å²) < 4.78 is 0. The molecule has 2 rings (SSSR count). The summed E-state index contributed by atoms with van der Waals surface area (Å²) >= 11 is 0. The Morgan fingerprint density at radius 3 is 2.50 bits per heavy atom. The van der Waals surface area contributed by atoms with Gasteiger partial charge in [-0.3, -0.25) is 30.0 Å². The molecule has 22 heavy (non-hydrogen) atoms. The second-order valence-electron chi connectivity index (χ2n) is 4.35. The molecule has 1 amide bonds. The first kappa shape index (κ1) is 15.0. The number of non-ortho nitro benzene ring substituents is 1. The number of carbonyl (C=O) groups is 1. The molecule has 0 bridgehead atoms. The maximum absolute atomic E-state index is 12.2. The highest BCUT2D eigenvalue weighted by molar-refractivity contribution is 6.06. The van der Waals surface area contributed by atoms with Crippen LogP contribution < -0.4 is 5.32 Å². The fourth-order valence-corrected chi connectivity index (χ4v) is 1.85. The highest BCUT2D eigenvalue weighted by Crippen LogP contribution is 2.28. The molecule has 0 fully saturated rings. The van der Waals surface area contributed by atoms with Crippen molar-refractivity contribution in [2.45, 2.75) is 6.92 Å². The Kier molecular flexibility index (Phi) is 4.07. The normalized spacial score (nSPS) is 10.0. The fourth-order valence-electron chi connectivity index (χ4n) is 1.85. The molecule has 1 heterocycles. The highest BCUT2D eigenvalue weighted by Gasteiger charge is 2.24. The molecule has 0 radical (unpaired) electrons. The molecule has 9 heteroatoms. The van der Waals surface area contributed by atoms with Crippen LogP contribution in [0.3, 0.4) is 0 Å². The highest BCUT2D eigenvalue weighted by atomic mass is 16.6. The van der Waals surface area contributed by atoms with Crippen molar-refractivity contribution in [2.24, 2.45) is 0 Å². The molecule has 0 atom stereocenters. The van der Waals surface area contributed by atoms with Gasteiger partial charge in [-0.25, -0.2) is 0 Å². The number of nitrogens with one attached hydrogen (secondary N) is 1. The summed E-state index contributed by atoms with van der Waals surface area (Å²) in [6, 6.07) is 5.01. The number of pyridine rings is 1. The third-order valence-electron chi connectivity index (χ3n) is 2.94. The molecule has 0 aliphatic carbocycles. The van der Waals surface area contributed by atoms with E-state index in [0.717, 1.165) is 12.1 Å². The average molecular weight is 302 g/mol. The molecule has 2 aromatic rings. The Bertz CT molecular complexity index is 761. The minimum absolute atomic E-state index is 0.0528. The zero-order valence-corrected chi connectivity index (χ0v) is 11.3. The number of aromatic nitrogens is 1. The number of nitro groups is 2. The molecular weight excluding hydrogens is 292 g/mol. The van der Waals surface area contributed by atoms with E-state index in [2.05, 4.69) is 10.3 Å². The first-order chi connectivity index (χ1) is 10.4. The van der Waals surface area contributed by atoms with Gasteiger partial charge in [0.25, 0.3) is 17.3 Å². The van der Waals surface area contributed by atoms with Gasteiger partial charge < -0.3 is 5.32 Å². The topological polar surface area (TPSA) is 128 Å². The first-order valence-corrected chi connectivity index (χ1v) is 6.05. The van der Waals surface area contributed by atoms with E-state index in [-0.39, 0.29) is 11.1 Å². The molecule has 0 unspecified atom stereocenters. The van der Waals surface area contributed by atoms with E-state index in [9.17, 15) is 25.0 Å². The number of hydrogen-bond acceptors (Lipinski definition) is 6. The summed E-state index contributed by atoms with van der Waals surface area (Å²) in [6.45, 7) is 1.36. The molecular formula is C13H10N4O5. The minimum atomic E-state index is -0.784. The van der Waals surface area contributed by atoms with Crippen LogP contribution >= 0.6 is 0 Å². The molecule has 0 saturated heterocycles. The Morgan fingerprint density at radius 2 is 1.95 bits per heavy atom. The van der Waals surface area contributed by atoms with Crippen molar-refractivity contribution in [3.8, 4) is 0 Å². The largest absolute Gasteiger partial charge is 0.321 e. The van der Waals surface area contributed by atoms with Crippen LogP contribution in [0.2, 0.25) is 0 Å². The Labute approximate surface area is 123 Å². The minimum Gasteiger partial charge on any atom is -0.321 e. The molecule has 0 aliphatic heterocycles. The van der Waals surface area contributed by atoms with E-state index in [1.165, 1.54) is 19.3 Å². The van der Waals surface area contributed by atoms with Gasteiger partial charge in [-0.05, 0) is 19.1 Å². The zero-order chi connectivity index (χ0) is 16.3. The molecule has 1 aromatic heterocycles. The number of anilines is 1. The number of benzene rings is 1. The monoisotopic (exact) mass is 302 g/mol. The lowest BCUT2D eigenvalue weighted by atomic mass is 10.0. The predicted octanol–water partition coefficient (Wildman–Crippen LogP) is 2.46. The van der Waals surface area contributed by atoms with E-state index in [0.29, 0.717) is 5.69 Å². The van der Waals surface area contributed by atoms with Gasteiger partial charge in [0.1, 0.15) is 0 Å². The maximum atomic E-state index is 12.2. The SMILES string of the molecule is Cc1c(C(=O)Nc2cccnc2)cc([N+](=O)[O-])cc1[N+](=O)[O-]. The van der Waals surface area contributed by atoms with E-state index in [4.69, 9.17) is 0 Å². The summed E-state index contributed by atoms with van der Waals surface area (Å²) in [6.07, 6.45) is 2.90. The van der Waals surface area contributed by atoms with Gasteiger partial charge in [0.15, 0.2) is 0 Å². The van der Waals surface area contributed by atoms with Gasteiger partial charge in [0.2, 0.25) is 0 Å². The van der Waals surface area contributed by atoms with E-state index in [1.807, 2.05) is 0 Å². The standard InChI is InChI=1S/C13H10N4O5/c1-8-11(13(18)15-9-3-2-4-14-7-9)5-10(16(19)20)6-12(8)17(21)22/h2-7H,1H3,(H,15,18). The molecule has 0 spiro atoms. The van der Waals surface area contributed by atoms with Crippen LogP contribution in [-0.4, -0.2) is 20.7 Å². The quantitative estimate of drug-likeness (QED) is 0.682. The summed E-state index contributed by atoms with van der Waals surface area (Å²) in [4.78, 5) is 36.3. The molecule has 9 nitrogen and oxygen atoms in total. The van der Waals surface area contributed by atoms with Crippen molar-refractivity contribution in [1.82, 2.24) is 4.98 Å². The van der Waals surface area contributed by atoms with Gasteiger partial charge in [0.05, 0.1) is 33.4 Å². The average Bonchev–Trinajstić information content (AvgIpc) is 2.47. The summed E-state index contributed by atoms with van der Waals surface area (Å²) in [5.41, 5.74) is -0.707. The molecule has 0 aliphatic rings. The Hall–Kier alpha value is -3.36. The maximum Gasteiger partial charge on any atom is 0.279 e.